The average molecular weight is 428 g/mol. The number of hydrogen-bond donors (Lipinski definition) is 1. The van der Waals surface area contributed by atoms with Crippen molar-refractivity contribution in [2.24, 2.45) is 0 Å². The van der Waals surface area contributed by atoms with Gasteiger partial charge in [0, 0.05) is 36.2 Å². The lowest BCUT2D eigenvalue weighted by Crippen LogP contribution is -2.30. The molecule has 3 aromatic rings. The van der Waals surface area contributed by atoms with Crippen molar-refractivity contribution in [3.05, 3.63) is 59.4 Å². The first kappa shape index (κ1) is 20.2. The first-order valence-corrected chi connectivity index (χ1v) is 11.3. The van der Waals surface area contributed by atoms with E-state index in [1.165, 1.54) is 29.7 Å². The maximum Gasteiger partial charge on any atom is 0.255 e. The quantitative estimate of drug-likeness (QED) is 0.679. The van der Waals surface area contributed by atoms with Crippen LogP contribution in [0.1, 0.15) is 29.3 Å². The number of rotatable bonds is 3. The van der Waals surface area contributed by atoms with E-state index in [4.69, 9.17) is 4.42 Å². The first-order valence-electron chi connectivity index (χ1n) is 9.44. The summed E-state index contributed by atoms with van der Waals surface area (Å²) in [5.74, 6) is -0.437. The molecule has 0 saturated carbocycles. The highest BCUT2D eigenvalue weighted by atomic mass is 32.2. The lowest BCUT2D eigenvalue weighted by atomic mass is 9.99. The van der Waals surface area contributed by atoms with Gasteiger partial charge < -0.3 is 9.73 Å². The minimum absolute atomic E-state index is 0.303. The number of nitrogens with zero attached hydrogens (tertiary/aromatic N) is 1. The molecule has 1 aromatic heterocycles. The Morgan fingerprint density at radius 3 is 2.53 bits per heavy atom. The summed E-state index contributed by atoms with van der Waals surface area (Å²) < 4.78 is 45.6. The van der Waals surface area contributed by atoms with E-state index in [2.05, 4.69) is 5.32 Å². The van der Waals surface area contributed by atoms with Crippen molar-refractivity contribution >= 4 is 38.2 Å². The highest BCUT2D eigenvalue weighted by Gasteiger charge is 2.27. The average Bonchev–Trinajstić information content (AvgIpc) is 2.98. The smallest absolute Gasteiger partial charge is 0.255 e. The summed E-state index contributed by atoms with van der Waals surface area (Å²) in [6, 6.07) is 9.12. The summed E-state index contributed by atoms with van der Waals surface area (Å²) in [5, 5.41) is 3.19. The standard InChI is InChI=1S/C22H21FN2O4S/c1-13-5-4-10-25(30(3,27)28)18-12-19-17(11-16(13)18)20(22(26)24-2)21(29-19)14-6-8-15(23)9-7-14/h5-9,11-12H,4,10H2,1-3H3,(H,24,26). The number of hydrogen-bond acceptors (Lipinski definition) is 4. The number of carbonyl (C=O) groups is 1. The maximum absolute atomic E-state index is 13.4. The number of benzene rings is 2. The van der Waals surface area contributed by atoms with Crippen LogP contribution in [0.4, 0.5) is 10.1 Å². The van der Waals surface area contributed by atoms with Gasteiger partial charge in [-0.2, -0.15) is 0 Å². The molecule has 1 aliphatic heterocycles. The fraction of sp³-hybridized carbons (Fsp3) is 0.227. The van der Waals surface area contributed by atoms with Gasteiger partial charge in [0.1, 0.15) is 17.2 Å². The molecule has 1 amide bonds. The molecule has 30 heavy (non-hydrogen) atoms. The van der Waals surface area contributed by atoms with Gasteiger partial charge in [0.2, 0.25) is 10.0 Å². The zero-order valence-corrected chi connectivity index (χ0v) is 17.6. The summed E-state index contributed by atoms with van der Waals surface area (Å²) >= 11 is 0. The molecule has 0 aliphatic carbocycles. The number of anilines is 1. The minimum atomic E-state index is -3.50. The summed E-state index contributed by atoms with van der Waals surface area (Å²) in [6.45, 7) is 2.24. The molecular weight excluding hydrogens is 407 g/mol. The topological polar surface area (TPSA) is 79.6 Å². The third-order valence-corrected chi connectivity index (χ3v) is 6.42. The Labute approximate surface area is 174 Å². The Balaban J connectivity index is 2.05. The molecule has 0 spiro atoms. The van der Waals surface area contributed by atoms with Crippen LogP contribution in [0.2, 0.25) is 0 Å². The second-order valence-electron chi connectivity index (χ2n) is 7.27. The predicted octanol–water partition coefficient (Wildman–Crippen LogP) is 4.17. The second-order valence-corrected chi connectivity index (χ2v) is 9.18. The number of fused-ring (bicyclic) bond motifs is 2. The van der Waals surface area contributed by atoms with E-state index in [0.29, 0.717) is 46.5 Å². The molecule has 1 N–H and O–H groups in total. The van der Waals surface area contributed by atoms with Gasteiger partial charge in [-0.05, 0) is 49.2 Å². The summed E-state index contributed by atoms with van der Waals surface area (Å²) in [7, 11) is -1.98. The minimum Gasteiger partial charge on any atom is -0.455 e. The zero-order valence-electron chi connectivity index (χ0n) is 16.8. The lowest BCUT2D eigenvalue weighted by molar-refractivity contribution is 0.0964. The molecule has 4 rings (SSSR count). The molecule has 156 valence electrons. The SMILES string of the molecule is CNC(=O)c1c(-c2ccc(F)cc2)oc2cc3c(cc12)C(C)=CCCN3S(C)(=O)=O. The third-order valence-electron chi connectivity index (χ3n) is 5.24. The molecule has 8 heteroatoms. The molecule has 0 fully saturated rings. The van der Waals surface area contributed by atoms with Gasteiger partial charge in [0.05, 0.1) is 17.5 Å². The van der Waals surface area contributed by atoms with E-state index < -0.39 is 15.8 Å². The van der Waals surface area contributed by atoms with Crippen molar-refractivity contribution in [2.75, 3.05) is 24.2 Å². The van der Waals surface area contributed by atoms with Crippen LogP contribution >= 0.6 is 0 Å². The number of amides is 1. The van der Waals surface area contributed by atoms with E-state index >= 15 is 0 Å². The fourth-order valence-corrected chi connectivity index (χ4v) is 4.73. The molecule has 6 nitrogen and oxygen atoms in total. The molecule has 0 atom stereocenters. The molecule has 0 bridgehead atoms. The summed E-state index contributed by atoms with van der Waals surface area (Å²) in [5.41, 5.74) is 3.42. The van der Waals surface area contributed by atoms with Crippen LogP contribution in [0, 0.1) is 5.82 Å². The van der Waals surface area contributed by atoms with Gasteiger partial charge in [-0.15, -0.1) is 0 Å². The van der Waals surface area contributed by atoms with Crippen molar-refractivity contribution in [1.29, 1.82) is 0 Å². The van der Waals surface area contributed by atoms with E-state index in [1.54, 1.807) is 24.3 Å². The Morgan fingerprint density at radius 2 is 1.90 bits per heavy atom. The molecule has 0 unspecified atom stereocenters. The molecule has 2 aromatic carbocycles. The Kier molecular flexibility index (Phi) is 4.89. The summed E-state index contributed by atoms with van der Waals surface area (Å²) in [6.07, 6.45) is 3.73. The van der Waals surface area contributed by atoms with E-state index in [-0.39, 0.29) is 5.91 Å². The largest absolute Gasteiger partial charge is 0.455 e. The Morgan fingerprint density at radius 1 is 1.20 bits per heavy atom. The molecule has 2 heterocycles. The number of nitrogens with one attached hydrogen (secondary N) is 1. The van der Waals surface area contributed by atoms with Crippen molar-refractivity contribution in [1.82, 2.24) is 5.32 Å². The van der Waals surface area contributed by atoms with Crippen molar-refractivity contribution in [3.8, 4) is 11.3 Å². The van der Waals surface area contributed by atoms with Gasteiger partial charge in [-0.3, -0.25) is 9.10 Å². The Hall–Kier alpha value is -3.13. The van der Waals surface area contributed by atoms with Crippen LogP contribution in [0.15, 0.2) is 46.9 Å². The van der Waals surface area contributed by atoms with Gasteiger partial charge >= 0.3 is 0 Å². The number of sulfonamides is 1. The number of furan rings is 1. The number of carbonyl (C=O) groups excluding carboxylic acids is 1. The number of allylic oxidation sites excluding steroid dienone is 1. The monoisotopic (exact) mass is 428 g/mol. The highest BCUT2D eigenvalue weighted by Crippen LogP contribution is 2.41. The van der Waals surface area contributed by atoms with E-state index in [0.717, 1.165) is 11.1 Å². The maximum atomic E-state index is 13.4. The van der Waals surface area contributed by atoms with Gasteiger partial charge in [0.25, 0.3) is 5.91 Å². The van der Waals surface area contributed by atoms with E-state index in [9.17, 15) is 17.6 Å². The summed E-state index contributed by atoms with van der Waals surface area (Å²) in [4.78, 5) is 12.7. The Bertz CT molecular complexity index is 1290. The molecule has 1 aliphatic rings. The van der Waals surface area contributed by atoms with E-state index in [1.807, 2.05) is 13.0 Å². The van der Waals surface area contributed by atoms with Gasteiger partial charge in [-0.1, -0.05) is 6.08 Å². The van der Waals surface area contributed by atoms with Crippen LogP contribution in [0.25, 0.3) is 27.9 Å². The van der Waals surface area contributed by atoms with Crippen molar-refractivity contribution < 1.29 is 22.0 Å². The van der Waals surface area contributed by atoms with Crippen LogP contribution in [0.3, 0.4) is 0 Å². The normalized spacial score (nSPS) is 14.3. The van der Waals surface area contributed by atoms with Crippen LogP contribution in [-0.2, 0) is 10.0 Å². The predicted molar refractivity (Wildman–Crippen MR) is 115 cm³/mol. The van der Waals surface area contributed by atoms with Gasteiger partial charge in [-0.25, -0.2) is 12.8 Å². The lowest BCUT2D eigenvalue weighted by Gasteiger charge is -2.22. The molecule has 0 radical (unpaired) electrons. The van der Waals surface area contributed by atoms with Crippen LogP contribution in [0.5, 0.6) is 0 Å². The third kappa shape index (κ3) is 3.37. The fourth-order valence-electron chi connectivity index (χ4n) is 3.78. The molecular formula is C22H21FN2O4S. The van der Waals surface area contributed by atoms with Crippen LogP contribution in [-0.4, -0.2) is 34.2 Å². The first-order chi connectivity index (χ1) is 14.2. The van der Waals surface area contributed by atoms with Crippen molar-refractivity contribution in [2.45, 2.75) is 13.3 Å². The number of halogens is 1. The zero-order chi connectivity index (χ0) is 21.6. The van der Waals surface area contributed by atoms with Crippen molar-refractivity contribution in [3.63, 3.8) is 0 Å². The highest BCUT2D eigenvalue weighted by molar-refractivity contribution is 7.92. The second kappa shape index (κ2) is 7.28. The molecule has 0 saturated heterocycles. The van der Waals surface area contributed by atoms with Gasteiger partial charge in [0.15, 0.2) is 0 Å². The van der Waals surface area contributed by atoms with Crippen LogP contribution < -0.4 is 9.62 Å².